The summed E-state index contributed by atoms with van der Waals surface area (Å²) in [5, 5.41) is 9.19. The first-order chi connectivity index (χ1) is 6.88. The summed E-state index contributed by atoms with van der Waals surface area (Å²) in [5.41, 5.74) is 0. The van der Waals surface area contributed by atoms with Gasteiger partial charge in [-0.25, -0.2) is 0 Å². The summed E-state index contributed by atoms with van der Waals surface area (Å²) < 4.78 is 26.8. The maximum absolute atomic E-state index is 10.9. The van der Waals surface area contributed by atoms with Crippen LogP contribution in [0.3, 0.4) is 0 Å². The van der Waals surface area contributed by atoms with Gasteiger partial charge >= 0.3 is 90.7 Å². The molecular formula is C8H16BNO4S. The van der Waals surface area contributed by atoms with Crippen LogP contribution in [0.5, 0.6) is 0 Å². The second-order valence-corrected chi connectivity index (χ2v) is 5.36. The molecule has 0 aromatic rings. The van der Waals surface area contributed by atoms with Crippen LogP contribution in [0.25, 0.3) is 0 Å². The minimum absolute atomic E-state index is 0.0370. The molecule has 1 fully saturated rings. The predicted octanol–water partition coefficient (Wildman–Crippen LogP) is -0.822. The van der Waals surface area contributed by atoms with E-state index in [4.69, 9.17) is 4.18 Å². The molecule has 1 saturated heterocycles. The maximum atomic E-state index is 10.9. The molecular weight excluding hydrogens is 217 g/mol. The molecule has 0 amide bonds. The van der Waals surface area contributed by atoms with Gasteiger partial charge in [-0.15, -0.1) is 0 Å². The van der Waals surface area contributed by atoms with Gasteiger partial charge in [-0.2, -0.15) is 0 Å². The standard InChI is InChI=1S/C8H16BNO4S/c1-15(12,13)14-7-3-2-5-10(6-4-7)8(9)11/h7,9,11H,2-6H2,1H3. The second kappa shape index (κ2) is 4.98. The van der Waals surface area contributed by atoms with Crippen molar-refractivity contribution in [2.75, 3.05) is 19.3 Å². The third-order valence-corrected chi connectivity index (χ3v) is 2.97. The summed E-state index contributed by atoms with van der Waals surface area (Å²) in [6.07, 6.45) is 2.86. The third kappa shape index (κ3) is 4.66. The summed E-state index contributed by atoms with van der Waals surface area (Å²) >= 11 is 0. The molecule has 1 unspecified atom stereocenters. The molecule has 5 nitrogen and oxygen atoms in total. The first kappa shape index (κ1) is 12.5. The summed E-state index contributed by atoms with van der Waals surface area (Å²) in [7, 11) is 0.0614. The van der Waals surface area contributed by atoms with Crippen LogP contribution in [-0.2, 0) is 14.3 Å². The summed E-state index contributed by atoms with van der Waals surface area (Å²) in [6.45, 7) is 1.27. The molecule has 7 heteroatoms. The zero-order valence-corrected chi connectivity index (χ0v) is 9.66. The summed E-state index contributed by atoms with van der Waals surface area (Å²) in [6, 6.07) is 0. The Kier molecular flexibility index (Phi) is 4.16. The predicted molar refractivity (Wildman–Crippen MR) is 59.2 cm³/mol. The van der Waals surface area contributed by atoms with Crippen molar-refractivity contribution >= 4 is 23.4 Å². The molecule has 1 atom stereocenters. The van der Waals surface area contributed by atoms with Gasteiger partial charge in [-0.05, 0) is 0 Å². The van der Waals surface area contributed by atoms with E-state index < -0.39 is 10.1 Å². The number of hydrogen-bond acceptors (Lipinski definition) is 5. The Hall–Kier alpha value is -0.555. The van der Waals surface area contributed by atoms with Gasteiger partial charge in [0.2, 0.25) is 0 Å². The van der Waals surface area contributed by atoms with Crippen molar-refractivity contribution in [3.05, 3.63) is 0 Å². The zero-order valence-electron chi connectivity index (χ0n) is 8.85. The molecule has 0 aliphatic carbocycles. The van der Waals surface area contributed by atoms with E-state index >= 15 is 0 Å². The number of aliphatic hydroxyl groups excluding tert-OH is 1. The van der Waals surface area contributed by atoms with Crippen LogP contribution in [0.1, 0.15) is 19.3 Å². The molecule has 1 rings (SSSR count). The fourth-order valence-corrected chi connectivity index (χ4v) is 2.35. The van der Waals surface area contributed by atoms with E-state index in [1.54, 1.807) is 4.90 Å². The van der Waals surface area contributed by atoms with Crippen molar-refractivity contribution in [1.82, 2.24) is 4.90 Å². The summed E-state index contributed by atoms with van der Waals surface area (Å²) in [4.78, 5) is 1.73. The molecule has 1 aliphatic rings. The molecule has 0 spiro atoms. The molecule has 86 valence electrons. The zero-order chi connectivity index (χ0) is 11.5. The third-order valence-electron chi connectivity index (χ3n) is 2.35. The van der Waals surface area contributed by atoms with Gasteiger partial charge in [0.15, 0.2) is 0 Å². The van der Waals surface area contributed by atoms with E-state index in [-0.39, 0.29) is 11.9 Å². The average Bonchev–Trinajstić information content (AvgIpc) is 2.26. The van der Waals surface area contributed by atoms with Gasteiger partial charge in [-0.1, -0.05) is 0 Å². The van der Waals surface area contributed by atoms with E-state index in [0.717, 1.165) is 12.7 Å². The Balaban J connectivity index is 2.49. The van der Waals surface area contributed by atoms with E-state index in [9.17, 15) is 13.5 Å². The molecule has 0 radical (unpaired) electrons. The van der Waals surface area contributed by atoms with Crippen molar-refractivity contribution in [2.24, 2.45) is 0 Å². The van der Waals surface area contributed by atoms with Crippen LogP contribution in [0.4, 0.5) is 0 Å². The van der Waals surface area contributed by atoms with Crippen LogP contribution in [0.15, 0.2) is 0 Å². The van der Waals surface area contributed by atoms with Crippen LogP contribution in [0, 0.1) is 0 Å². The molecule has 15 heavy (non-hydrogen) atoms. The Morgan fingerprint density at radius 3 is 2.67 bits per heavy atom. The SMILES string of the molecule is B=C(O)N1CCCC(OS(C)(=O)=O)CC1. The van der Waals surface area contributed by atoms with Gasteiger partial charge in [0.05, 0.1) is 0 Å². The number of hydrogen-bond donors (Lipinski definition) is 1. The molecule has 0 aromatic heterocycles. The average molecular weight is 233 g/mol. The summed E-state index contributed by atoms with van der Waals surface area (Å²) in [5.74, 6) is 0.0370. The van der Waals surface area contributed by atoms with Gasteiger partial charge in [0.1, 0.15) is 0 Å². The van der Waals surface area contributed by atoms with Gasteiger partial charge < -0.3 is 0 Å². The van der Waals surface area contributed by atoms with Crippen molar-refractivity contribution < 1.29 is 17.7 Å². The van der Waals surface area contributed by atoms with E-state index in [1.165, 1.54) is 0 Å². The molecule has 0 saturated carbocycles. The second-order valence-electron chi connectivity index (χ2n) is 3.76. The van der Waals surface area contributed by atoms with Crippen molar-refractivity contribution in [3.8, 4) is 0 Å². The topological polar surface area (TPSA) is 66.8 Å². The minimum atomic E-state index is -3.38. The van der Waals surface area contributed by atoms with Crippen molar-refractivity contribution in [2.45, 2.75) is 25.4 Å². The fraction of sp³-hybridized carbons (Fsp3) is 0.875. The molecule has 1 aliphatic heterocycles. The molecule has 0 aromatic carbocycles. The number of rotatable bonds is 3. The van der Waals surface area contributed by atoms with Crippen molar-refractivity contribution in [3.63, 3.8) is 0 Å². The van der Waals surface area contributed by atoms with Crippen LogP contribution >= 0.6 is 0 Å². The molecule has 1 N–H and O–H groups in total. The quantitative estimate of drug-likeness (QED) is 0.509. The molecule has 1 heterocycles. The first-order valence-electron chi connectivity index (χ1n) is 4.89. The van der Waals surface area contributed by atoms with Gasteiger partial charge in [0, 0.05) is 0 Å². The molecule has 0 bridgehead atoms. The van der Waals surface area contributed by atoms with E-state index in [0.29, 0.717) is 25.9 Å². The Bertz CT molecular complexity index is 330. The van der Waals surface area contributed by atoms with Crippen molar-refractivity contribution in [1.29, 1.82) is 0 Å². The van der Waals surface area contributed by atoms with E-state index in [1.807, 2.05) is 0 Å². The normalized spacial score (nSPS) is 23.5. The monoisotopic (exact) mass is 233 g/mol. The van der Waals surface area contributed by atoms with E-state index in [2.05, 4.69) is 7.49 Å². The van der Waals surface area contributed by atoms with Gasteiger partial charge in [0.25, 0.3) is 0 Å². The first-order valence-corrected chi connectivity index (χ1v) is 6.71. The number of nitrogens with zero attached hydrogens (tertiary/aromatic N) is 1. The Labute approximate surface area is 91.2 Å². The van der Waals surface area contributed by atoms with Crippen LogP contribution in [0.2, 0.25) is 0 Å². The van der Waals surface area contributed by atoms with Gasteiger partial charge in [-0.3, -0.25) is 0 Å². The number of aliphatic hydroxyl groups is 1. The number of likely N-dealkylation sites (tertiary alicyclic amines) is 1. The Morgan fingerprint density at radius 1 is 1.47 bits per heavy atom. The van der Waals surface area contributed by atoms with Crippen LogP contribution < -0.4 is 0 Å². The fourth-order valence-electron chi connectivity index (χ4n) is 1.67. The van der Waals surface area contributed by atoms with Crippen LogP contribution in [-0.4, -0.2) is 57.1 Å². The Morgan fingerprint density at radius 2 is 2.13 bits per heavy atom.